The van der Waals surface area contributed by atoms with Gasteiger partial charge in [0.15, 0.2) is 5.65 Å². The Morgan fingerprint density at radius 2 is 2.24 bits per heavy atom. The smallest absolute Gasteiger partial charge is 0.252 e. The summed E-state index contributed by atoms with van der Waals surface area (Å²) in [7, 11) is 0. The van der Waals surface area contributed by atoms with Crippen molar-refractivity contribution >= 4 is 16.9 Å². The summed E-state index contributed by atoms with van der Waals surface area (Å²) < 4.78 is 18.4. The number of nitrogens with one attached hydrogen (secondary N) is 1. The molecule has 1 aliphatic heterocycles. The van der Waals surface area contributed by atoms with E-state index in [1.54, 1.807) is 35.6 Å². The number of hydrogen-bond donors (Lipinski definition) is 1. The Morgan fingerprint density at radius 1 is 1.27 bits per heavy atom. The van der Waals surface area contributed by atoms with Gasteiger partial charge in [-0.2, -0.15) is 5.10 Å². The zero-order chi connectivity index (χ0) is 22.5. The first kappa shape index (κ1) is 21.3. The fourth-order valence-corrected chi connectivity index (χ4v) is 3.89. The molecule has 170 valence electrons. The molecule has 0 bridgehead atoms. The average Bonchev–Trinajstić information content (AvgIpc) is 3.62. The van der Waals surface area contributed by atoms with Crippen LogP contribution in [-0.4, -0.2) is 58.1 Å². The quantitative estimate of drug-likeness (QED) is 0.393. The monoisotopic (exact) mass is 447 g/mol. The molecule has 0 spiro atoms. The zero-order valence-corrected chi connectivity index (χ0v) is 18.1. The first-order valence-electron chi connectivity index (χ1n) is 11.0. The number of carbonyl (C=O) groups is 1. The van der Waals surface area contributed by atoms with Crippen molar-refractivity contribution in [3.63, 3.8) is 0 Å². The summed E-state index contributed by atoms with van der Waals surface area (Å²) in [5.41, 5.74) is 2.58. The highest BCUT2D eigenvalue weighted by Gasteiger charge is 2.19. The molecule has 4 aromatic rings. The van der Waals surface area contributed by atoms with Crippen LogP contribution < -0.4 is 5.32 Å². The normalized spacial score (nSPS) is 15.8. The van der Waals surface area contributed by atoms with Gasteiger partial charge in [-0.25, -0.2) is 9.67 Å². The Kier molecular flexibility index (Phi) is 6.41. The molecule has 1 aliphatic rings. The summed E-state index contributed by atoms with van der Waals surface area (Å²) in [6, 6.07) is 9.24. The van der Waals surface area contributed by atoms with Crippen molar-refractivity contribution in [2.45, 2.75) is 25.5 Å². The highest BCUT2D eigenvalue weighted by atomic mass is 16.5. The van der Waals surface area contributed by atoms with E-state index in [1.165, 1.54) is 0 Å². The molecule has 33 heavy (non-hydrogen) atoms. The lowest BCUT2D eigenvalue weighted by molar-refractivity contribution is 0.0183. The highest BCUT2D eigenvalue weighted by Crippen LogP contribution is 2.25. The van der Waals surface area contributed by atoms with E-state index in [0.717, 1.165) is 30.8 Å². The molecule has 4 aromatic heterocycles. The summed E-state index contributed by atoms with van der Waals surface area (Å²) in [6.45, 7) is 2.60. The molecule has 9 heteroatoms. The first-order valence-corrected chi connectivity index (χ1v) is 11.0. The van der Waals surface area contributed by atoms with Gasteiger partial charge in [0.1, 0.15) is 12.3 Å². The van der Waals surface area contributed by atoms with E-state index in [9.17, 15) is 4.79 Å². The molecule has 1 amide bonds. The van der Waals surface area contributed by atoms with Gasteiger partial charge in [-0.1, -0.05) is 0 Å². The number of fused-ring (bicyclic) bond motifs is 1. The lowest BCUT2D eigenvalue weighted by Gasteiger charge is -2.11. The minimum atomic E-state index is -0.203. The van der Waals surface area contributed by atoms with Gasteiger partial charge in [-0.3, -0.25) is 9.78 Å². The van der Waals surface area contributed by atoms with Gasteiger partial charge >= 0.3 is 0 Å². The van der Waals surface area contributed by atoms with Gasteiger partial charge in [0.05, 0.1) is 48.4 Å². The largest absolute Gasteiger partial charge is 0.467 e. The van der Waals surface area contributed by atoms with Crippen LogP contribution in [-0.2, 0) is 16.0 Å². The third-order valence-electron chi connectivity index (χ3n) is 5.56. The van der Waals surface area contributed by atoms with Crippen LogP contribution in [0.25, 0.3) is 22.3 Å². The van der Waals surface area contributed by atoms with Crippen LogP contribution in [0.2, 0.25) is 0 Å². The second-order valence-corrected chi connectivity index (χ2v) is 7.88. The van der Waals surface area contributed by atoms with Crippen LogP contribution in [0.15, 0.2) is 59.6 Å². The van der Waals surface area contributed by atoms with Crippen molar-refractivity contribution in [1.82, 2.24) is 25.1 Å². The Hall–Kier alpha value is -3.56. The van der Waals surface area contributed by atoms with Crippen molar-refractivity contribution in [2.75, 3.05) is 26.4 Å². The van der Waals surface area contributed by atoms with Crippen molar-refractivity contribution in [3.8, 4) is 11.3 Å². The molecule has 5 heterocycles. The van der Waals surface area contributed by atoms with Gasteiger partial charge in [0, 0.05) is 31.1 Å². The number of amides is 1. The summed E-state index contributed by atoms with van der Waals surface area (Å²) in [5.74, 6) is 0.550. The number of furan rings is 1. The van der Waals surface area contributed by atoms with Crippen molar-refractivity contribution < 1.29 is 18.7 Å². The molecule has 1 unspecified atom stereocenters. The maximum absolute atomic E-state index is 13.1. The predicted octanol–water partition coefficient (Wildman–Crippen LogP) is 3.06. The lowest BCUT2D eigenvalue weighted by atomic mass is 10.1. The summed E-state index contributed by atoms with van der Waals surface area (Å²) >= 11 is 0. The Balaban J connectivity index is 1.36. The molecule has 1 N–H and O–H groups in total. The number of pyridine rings is 2. The standard InChI is InChI=1S/C24H25N5O4/c30-24(26-8-11-31-16-19-6-3-10-33-19)20-12-22(17-4-1-7-25-13-17)28-23-21(20)14-27-29(23)15-18-5-2-9-32-18/h1-2,4-5,7,9,12-14,19H,3,6,8,10-11,15-16H2,(H,26,30). The minimum absolute atomic E-state index is 0.169. The molecule has 0 radical (unpaired) electrons. The molecule has 1 fully saturated rings. The Labute approximate surface area is 190 Å². The molecule has 1 saturated heterocycles. The maximum Gasteiger partial charge on any atom is 0.252 e. The van der Waals surface area contributed by atoms with E-state index in [2.05, 4.69) is 15.4 Å². The molecule has 5 rings (SSSR count). The third kappa shape index (κ3) is 4.94. The van der Waals surface area contributed by atoms with E-state index >= 15 is 0 Å². The first-order chi connectivity index (χ1) is 16.3. The lowest BCUT2D eigenvalue weighted by Crippen LogP contribution is -2.28. The molecule has 0 aliphatic carbocycles. The molecular weight excluding hydrogens is 422 g/mol. The van der Waals surface area contributed by atoms with Crippen LogP contribution in [0.3, 0.4) is 0 Å². The van der Waals surface area contributed by atoms with Crippen LogP contribution in [0, 0.1) is 0 Å². The Bertz CT molecular complexity index is 1200. The van der Waals surface area contributed by atoms with Crippen LogP contribution in [0.1, 0.15) is 29.0 Å². The molecular formula is C24H25N5O4. The molecule has 9 nitrogen and oxygen atoms in total. The minimum Gasteiger partial charge on any atom is -0.467 e. The van der Waals surface area contributed by atoms with Crippen LogP contribution in [0.4, 0.5) is 0 Å². The zero-order valence-electron chi connectivity index (χ0n) is 18.1. The Morgan fingerprint density at radius 3 is 3.03 bits per heavy atom. The van der Waals surface area contributed by atoms with Gasteiger partial charge in [-0.15, -0.1) is 0 Å². The van der Waals surface area contributed by atoms with Gasteiger partial charge in [-0.05, 0) is 43.2 Å². The summed E-state index contributed by atoms with van der Waals surface area (Å²) in [6.07, 6.45) is 8.99. The number of nitrogens with zero attached hydrogens (tertiary/aromatic N) is 4. The average molecular weight is 447 g/mol. The van der Waals surface area contributed by atoms with E-state index in [4.69, 9.17) is 18.9 Å². The van der Waals surface area contributed by atoms with Crippen molar-refractivity contribution in [3.05, 3.63) is 66.5 Å². The SMILES string of the molecule is O=C(NCCOCC1CCCO1)c1cc(-c2cccnc2)nc2c1cnn2Cc1ccco1. The topological polar surface area (TPSA) is 104 Å². The number of hydrogen-bond acceptors (Lipinski definition) is 7. The number of aromatic nitrogens is 4. The van der Waals surface area contributed by atoms with Crippen molar-refractivity contribution in [2.24, 2.45) is 0 Å². The molecule has 0 saturated carbocycles. The highest BCUT2D eigenvalue weighted by molar-refractivity contribution is 6.06. The van der Waals surface area contributed by atoms with Crippen LogP contribution >= 0.6 is 0 Å². The van der Waals surface area contributed by atoms with E-state index < -0.39 is 0 Å². The van der Waals surface area contributed by atoms with E-state index in [-0.39, 0.29) is 12.0 Å². The number of rotatable bonds is 9. The van der Waals surface area contributed by atoms with E-state index in [0.29, 0.717) is 48.6 Å². The fraction of sp³-hybridized carbons (Fsp3) is 0.333. The number of ether oxygens (including phenoxy) is 2. The second kappa shape index (κ2) is 9.93. The predicted molar refractivity (Wildman–Crippen MR) is 121 cm³/mol. The fourth-order valence-electron chi connectivity index (χ4n) is 3.89. The van der Waals surface area contributed by atoms with Gasteiger partial charge in [0.2, 0.25) is 0 Å². The van der Waals surface area contributed by atoms with E-state index in [1.807, 2.05) is 24.3 Å². The van der Waals surface area contributed by atoms with Crippen LogP contribution in [0.5, 0.6) is 0 Å². The molecule has 0 aromatic carbocycles. The van der Waals surface area contributed by atoms with Gasteiger partial charge < -0.3 is 19.2 Å². The summed E-state index contributed by atoms with van der Waals surface area (Å²) in [5, 5.41) is 8.08. The molecule has 1 atom stereocenters. The second-order valence-electron chi connectivity index (χ2n) is 7.88. The van der Waals surface area contributed by atoms with Gasteiger partial charge in [0.25, 0.3) is 5.91 Å². The summed E-state index contributed by atoms with van der Waals surface area (Å²) in [4.78, 5) is 22.1. The van der Waals surface area contributed by atoms with Crippen molar-refractivity contribution in [1.29, 1.82) is 0 Å². The third-order valence-corrected chi connectivity index (χ3v) is 5.56. The number of carbonyl (C=O) groups excluding carboxylic acids is 1. The maximum atomic E-state index is 13.1.